The highest BCUT2D eigenvalue weighted by atomic mass is 32.2. The Morgan fingerprint density at radius 3 is 1.57 bits per heavy atom. The molecular formula is C2H3F2O2S. The number of rotatable bonds is 1. The second-order valence-electron chi connectivity index (χ2n) is 0.998. The summed E-state index contributed by atoms with van der Waals surface area (Å²) in [6, 6.07) is 0. The zero-order valence-corrected chi connectivity index (χ0v) is 4.30. The maximum absolute atomic E-state index is 10.9. The van der Waals surface area contributed by atoms with Crippen molar-refractivity contribution in [2.45, 2.75) is 0 Å². The fourth-order valence-corrected chi connectivity index (χ4v) is 0. The van der Waals surface area contributed by atoms with E-state index in [0.717, 1.165) is 0 Å². The van der Waals surface area contributed by atoms with Gasteiger partial charge in [0.1, 0.15) is 0 Å². The van der Waals surface area contributed by atoms with Crippen LogP contribution in [0.25, 0.3) is 0 Å². The van der Waals surface area contributed by atoms with Crippen LogP contribution in [0.1, 0.15) is 0 Å². The molecule has 5 heteroatoms. The molecular weight excluding hydrogens is 126 g/mol. The molecule has 0 aliphatic heterocycles. The van der Waals surface area contributed by atoms with Gasteiger partial charge in [0.25, 0.3) is 0 Å². The molecule has 0 aromatic rings. The molecule has 0 aromatic carbocycles. The minimum atomic E-state index is -4.16. The van der Waals surface area contributed by atoms with Crippen LogP contribution < -0.4 is 0 Å². The van der Waals surface area contributed by atoms with E-state index in [1.54, 1.807) is 0 Å². The maximum Gasteiger partial charge on any atom is 0.421 e. The first-order chi connectivity index (χ1) is 2.94. The van der Waals surface area contributed by atoms with Crippen molar-refractivity contribution in [1.29, 1.82) is 0 Å². The highest BCUT2D eigenvalue weighted by Crippen LogP contribution is 2.09. The molecule has 0 saturated heterocycles. The highest BCUT2D eigenvalue weighted by molar-refractivity contribution is 7.93. The minimum absolute atomic E-state index is 0.447. The fourth-order valence-electron chi connectivity index (χ4n) is 0. The summed E-state index contributed by atoms with van der Waals surface area (Å²) in [5.74, 6) is -2.53. The number of halogens is 2. The molecule has 0 saturated carbocycles. The van der Waals surface area contributed by atoms with E-state index < -0.39 is 15.6 Å². The summed E-state index contributed by atoms with van der Waals surface area (Å²) in [6.45, 7) is 0. The maximum atomic E-state index is 10.9. The van der Waals surface area contributed by atoms with Gasteiger partial charge in [-0.3, -0.25) is 0 Å². The second kappa shape index (κ2) is 1.73. The summed E-state index contributed by atoms with van der Waals surface area (Å²) in [4.78, 5) is 0. The molecule has 0 N–H and O–H groups in total. The van der Waals surface area contributed by atoms with E-state index >= 15 is 0 Å². The summed E-state index contributed by atoms with van der Waals surface area (Å²) >= 11 is 0. The van der Waals surface area contributed by atoms with E-state index in [4.69, 9.17) is 0 Å². The first-order valence-electron chi connectivity index (χ1n) is 1.32. The van der Waals surface area contributed by atoms with Gasteiger partial charge < -0.3 is 0 Å². The molecule has 2 nitrogen and oxygen atoms in total. The Kier molecular flexibility index (Phi) is 1.68. The monoisotopic (exact) mass is 129 g/mol. The molecule has 0 heterocycles. The molecule has 0 unspecified atom stereocenters. The largest absolute Gasteiger partial charge is 0.421 e. The summed E-state index contributed by atoms with van der Waals surface area (Å²) in [6.07, 6.45) is 0.447. The molecule has 0 aliphatic rings. The van der Waals surface area contributed by atoms with Crippen LogP contribution in [-0.2, 0) is 9.84 Å². The quantitative estimate of drug-likeness (QED) is 0.514. The summed E-state index contributed by atoms with van der Waals surface area (Å²) < 4.78 is 40.8. The van der Waals surface area contributed by atoms with Crippen LogP contribution in [0.5, 0.6) is 0 Å². The molecule has 0 aliphatic carbocycles. The van der Waals surface area contributed by atoms with Gasteiger partial charge in [-0.25, -0.2) is 8.42 Å². The van der Waals surface area contributed by atoms with E-state index in [1.807, 2.05) is 0 Å². The van der Waals surface area contributed by atoms with Crippen LogP contribution in [0.15, 0.2) is 0 Å². The Morgan fingerprint density at radius 1 is 1.43 bits per heavy atom. The van der Waals surface area contributed by atoms with Gasteiger partial charge >= 0.3 is 5.76 Å². The third kappa shape index (κ3) is 2.50. The lowest BCUT2D eigenvalue weighted by molar-refractivity contribution is 0.355. The molecule has 0 atom stereocenters. The fraction of sp³-hybridized carbons (Fsp3) is 0.500. The molecule has 0 spiro atoms. The van der Waals surface area contributed by atoms with Gasteiger partial charge in [0, 0.05) is 6.26 Å². The lowest BCUT2D eigenvalue weighted by Gasteiger charge is -1.85. The lowest BCUT2D eigenvalue weighted by Crippen LogP contribution is -1.98. The molecule has 0 amide bonds. The lowest BCUT2D eigenvalue weighted by atomic mass is 11.7. The second-order valence-corrected chi connectivity index (χ2v) is 2.85. The Morgan fingerprint density at radius 2 is 1.57 bits per heavy atom. The zero-order chi connectivity index (χ0) is 6.08. The van der Waals surface area contributed by atoms with Gasteiger partial charge in [-0.1, -0.05) is 0 Å². The predicted molar refractivity (Wildman–Crippen MR) is 20.3 cm³/mol. The average Bonchev–Trinajstić information content (AvgIpc) is 1.31. The Balaban J connectivity index is 4.10. The first-order valence-corrected chi connectivity index (χ1v) is 3.22. The normalized spacial score (nSPS) is 12.6. The van der Waals surface area contributed by atoms with Crippen molar-refractivity contribution in [3.8, 4) is 0 Å². The molecule has 0 bridgehead atoms. The van der Waals surface area contributed by atoms with Gasteiger partial charge in [0.2, 0.25) is 9.84 Å². The van der Waals surface area contributed by atoms with E-state index in [9.17, 15) is 17.2 Å². The number of sulfone groups is 1. The molecule has 7 heavy (non-hydrogen) atoms. The third-order valence-corrected chi connectivity index (χ3v) is 0.841. The SMILES string of the molecule is CS(=O)(=O)[C](F)F. The van der Waals surface area contributed by atoms with Crippen molar-refractivity contribution in [1.82, 2.24) is 0 Å². The van der Waals surface area contributed by atoms with Crippen molar-refractivity contribution in [3.05, 3.63) is 5.76 Å². The van der Waals surface area contributed by atoms with Crippen LogP contribution >= 0.6 is 0 Å². The van der Waals surface area contributed by atoms with Gasteiger partial charge in [-0.05, 0) is 0 Å². The standard InChI is InChI=1S/C2H3F2O2S/c1-7(5,6)2(3)4/h1H3. The summed E-state index contributed by atoms with van der Waals surface area (Å²) in [5, 5.41) is 0. The van der Waals surface area contributed by atoms with Crippen LogP contribution in [0, 0.1) is 5.76 Å². The van der Waals surface area contributed by atoms with Gasteiger partial charge in [0.15, 0.2) is 0 Å². The number of hydrogen-bond acceptors (Lipinski definition) is 2. The summed E-state index contributed by atoms with van der Waals surface area (Å²) in [5.41, 5.74) is 0. The average molecular weight is 129 g/mol. The van der Waals surface area contributed by atoms with E-state index in [1.165, 1.54) is 0 Å². The predicted octanol–water partition coefficient (Wildman–Crippen LogP) is 0.417. The Hall–Kier alpha value is -0.190. The minimum Gasteiger partial charge on any atom is -0.223 e. The smallest absolute Gasteiger partial charge is 0.223 e. The third-order valence-electron chi connectivity index (χ3n) is 0.280. The van der Waals surface area contributed by atoms with Gasteiger partial charge in [-0.15, -0.1) is 0 Å². The van der Waals surface area contributed by atoms with Gasteiger partial charge in [0.05, 0.1) is 0 Å². The van der Waals surface area contributed by atoms with Crippen molar-refractivity contribution >= 4 is 9.84 Å². The van der Waals surface area contributed by atoms with Crippen LogP contribution in [0.3, 0.4) is 0 Å². The van der Waals surface area contributed by atoms with Gasteiger partial charge in [-0.2, -0.15) is 8.78 Å². The van der Waals surface area contributed by atoms with Crippen LogP contribution in [0.4, 0.5) is 8.78 Å². The number of hydrogen-bond donors (Lipinski definition) is 0. The molecule has 0 rings (SSSR count). The van der Waals surface area contributed by atoms with Crippen molar-refractivity contribution in [3.63, 3.8) is 0 Å². The first kappa shape index (κ1) is 6.81. The molecule has 1 radical (unpaired) electrons. The van der Waals surface area contributed by atoms with E-state index in [0.29, 0.717) is 6.26 Å². The van der Waals surface area contributed by atoms with E-state index in [2.05, 4.69) is 0 Å². The van der Waals surface area contributed by atoms with Crippen molar-refractivity contribution in [2.24, 2.45) is 0 Å². The van der Waals surface area contributed by atoms with Crippen LogP contribution in [-0.4, -0.2) is 14.7 Å². The van der Waals surface area contributed by atoms with Crippen LogP contribution in [0.2, 0.25) is 0 Å². The molecule has 0 aromatic heterocycles. The molecule has 43 valence electrons. The molecule has 0 fully saturated rings. The highest BCUT2D eigenvalue weighted by Gasteiger charge is 2.19. The van der Waals surface area contributed by atoms with Crippen molar-refractivity contribution < 1.29 is 17.2 Å². The van der Waals surface area contributed by atoms with E-state index in [-0.39, 0.29) is 0 Å². The Labute approximate surface area is 40.1 Å². The topological polar surface area (TPSA) is 34.1 Å². The zero-order valence-electron chi connectivity index (χ0n) is 3.48. The van der Waals surface area contributed by atoms with Crippen molar-refractivity contribution in [2.75, 3.05) is 6.26 Å². The summed E-state index contributed by atoms with van der Waals surface area (Å²) in [7, 11) is -4.16. The Bertz CT molecular complexity index is 136.